The Bertz CT molecular complexity index is 487. The molecule has 3 rings (SSSR count). The molecule has 1 heterocycles. The van der Waals surface area contributed by atoms with Crippen LogP contribution in [-0.2, 0) is 4.74 Å². The largest absolute Gasteiger partial charge is 0.378 e. The highest BCUT2D eigenvalue weighted by Crippen LogP contribution is 2.40. The highest BCUT2D eigenvalue weighted by molar-refractivity contribution is 4.89. The van der Waals surface area contributed by atoms with Gasteiger partial charge in [0, 0.05) is 0 Å². The molecule has 0 amide bonds. The van der Waals surface area contributed by atoms with E-state index in [-0.39, 0.29) is 0 Å². The van der Waals surface area contributed by atoms with Crippen LogP contribution in [-0.4, -0.2) is 12.7 Å². The maximum atomic E-state index is 12.3. The summed E-state index contributed by atoms with van der Waals surface area (Å²) in [6, 6.07) is 0. The molecule has 3 aliphatic rings. The molecule has 2 saturated carbocycles. The van der Waals surface area contributed by atoms with E-state index >= 15 is 0 Å². The summed E-state index contributed by atoms with van der Waals surface area (Å²) in [7, 11) is 0. The minimum absolute atomic E-state index is 0.470. The maximum Gasteiger partial charge on any atom is 0.266 e. The van der Waals surface area contributed by atoms with Crippen molar-refractivity contribution in [1.29, 1.82) is 0 Å². The lowest BCUT2D eigenvalue weighted by atomic mass is 9.73. The highest BCUT2D eigenvalue weighted by atomic mass is 19.3. The van der Waals surface area contributed by atoms with E-state index in [9.17, 15) is 8.78 Å². The fourth-order valence-electron chi connectivity index (χ4n) is 5.94. The Morgan fingerprint density at radius 3 is 2.11 bits per heavy atom. The van der Waals surface area contributed by atoms with Crippen LogP contribution < -0.4 is 0 Å². The summed E-state index contributed by atoms with van der Waals surface area (Å²) in [6.45, 7) is 3.07. The quantitative estimate of drug-likeness (QED) is 0.398. The van der Waals surface area contributed by atoms with Crippen molar-refractivity contribution in [3.63, 3.8) is 0 Å². The Balaban J connectivity index is 1.28. The molecule has 1 nitrogen and oxygen atoms in total. The smallest absolute Gasteiger partial charge is 0.266 e. The molecule has 2 aliphatic carbocycles. The molecule has 0 N–H and O–H groups in total. The zero-order chi connectivity index (χ0) is 19.8. The van der Waals surface area contributed by atoms with Gasteiger partial charge in [-0.25, -0.2) is 0 Å². The molecule has 28 heavy (non-hydrogen) atoms. The molecule has 1 saturated heterocycles. The average molecular weight is 395 g/mol. The summed E-state index contributed by atoms with van der Waals surface area (Å²) in [5.74, 6) is 3.69. The molecule has 0 aromatic carbocycles. The molecule has 0 radical (unpaired) electrons. The van der Waals surface area contributed by atoms with Crippen molar-refractivity contribution >= 4 is 0 Å². The molecule has 2 unspecified atom stereocenters. The van der Waals surface area contributed by atoms with Crippen molar-refractivity contribution in [1.82, 2.24) is 0 Å². The molecule has 1 aliphatic heterocycles. The van der Waals surface area contributed by atoms with Crippen LogP contribution in [0.5, 0.6) is 0 Å². The number of hydrogen-bond acceptors (Lipinski definition) is 1. The first-order valence-corrected chi connectivity index (χ1v) is 11.9. The van der Waals surface area contributed by atoms with Crippen LogP contribution in [0.2, 0.25) is 0 Å². The van der Waals surface area contributed by atoms with Crippen molar-refractivity contribution in [2.75, 3.05) is 6.61 Å². The number of hydrogen-bond donors (Lipinski definition) is 0. The van der Waals surface area contributed by atoms with Gasteiger partial charge in [-0.15, -0.1) is 0 Å². The second-order valence-electron chi connectivity index (χ2n) is 9.69. The van der Waals surface area contributed by atoms with Gasteiger partial charge in [0.1, 0.15) is 0 Å². The summed E-state index contributed by atoms with van der Waals surface area (Å²) in [5, 5.41) is 0. The fraction of sp³-hybridized carbons (Fsp3) is 0.840. The predicted molar refractivity (Wildman–Crippen MR) is 112 cm³/mol. The number of halogens is 2. The zero-order valence-corrected chi connectivity index (χ0v) is 17.8. The standard InChI is InChI=1S/C25H40F2O/c1-2-3-19-4-6-20(7-5-19)10-15-24-16-14-23(18-28-24)22-12-8-21(9-13-22)11-17-25(26)27/h2-3,17,19-24H,4-16,18H2,1H3. The van der Waals surface area contributed by atoms with E-state index in [1.165, 1.54) is 64.2 Å². The second-order valence-corrected chi connectivity index (χ2v) is 9.69. The Hall–Kier alpha value is -0.700. The number of allylic oxidation sites excluding steroid dienone is 3. The normalized spacial score (nSPS) is 37.1. The van der Waals surface area contributed by atoms with Gasteiger partial charge in [-0.3, -0.25) is 0 Å². The van der Waals surface area contributed by atoms with E-state index in [1.54, 1.807) is 0 Å². The van der Waals surface area contributed by atoms with E-state index in [0.29, 0.717) is 24.4 Å². The van der Waals surface area contributed by atoms with Crippen LogP contribution in [0.3, 0.4) is 0 Å². The molecule has 3 heteroatoms. The summed E-state index contributed by atoms with van der Waals surface area (Å²) in [4.78, 5) is 0. The van der Waals surface area contributed by atoms with Gasteiger partial charge in [-0.1, -0.05) is 12.2 Å². The predicted octanol–water partition coefficient (Wildman–Crippen LogP) is 7.92. The molecular weight excluding hydrogens is 354 g/mol. The summed E-state index contributed by atoms with van der Waals surface area (Å²) < 4.78 is 30.8. The molecule has 0 aromatic heterocycles. The Morgan fingerprint density at radius 1 is 0.821 bits per heavy atom. The number of rotatable bonds is 7. The van der Waals surface area contributed by atoms with Crippen LogP contribution in [0.15, 0.2) is 24.3 Å². The summed E-state index contributed by atoms with van der Waals surface area (Å²) in [5.41, 5.74) is 0. The third-order valence-electron chi connectivity index (χ3n) is 7.82. The van der Waals surface area contributed by atoms with Crippen LogP contribution in [0.1, 0.15) is 90.4 Å². The fourth-order valence-corrected chi connectivity index (χ4v) is 5.94. The SMILES string of the molecule is CC=CC1CCC(CCC2CCC(C3CCC(CC=C(F)F)CC3)CO2)CC1. The van der Waals surface area contributed by atoms with Crippen molar-refractivity contribution < 1.29 is 13.5 Å². The third kappa shape index (κ3) is 6.97. The van der Waals surface area contributed by atoms with Gasteiger partial charge >= 0.3 is 0 Å². The molecule has 160 valence electrons. The minimum Gasteiger partial charge on any atom is -0.378 e. The van der Waals surface area contributed by atoms with E-state index in [1.807, 2.05) is 0 Å². The Labute approximate surface area is 171 Å². The molecule has 0 spiro atoms. The van der Waals surface area contributed by atoms with Crippen molar-refractivity contribution in [3.8, 4) is 0 Å². The highest BCUT2D eigenvalue weighted by Gasteiger charge is 2.31. The first kappa shape index (κ1) is 22.0. The van der Waals surface area contributed by atoms with Gasteiger partial charge in [0.05, 0.1) is 12.7 Å². The Morgan fingerprint density at radius 2 is 1.50 bits per heavy atom. The third-order valence-corrected chi connectivity index (χ3v) is 7.82. The van der Waals surface area contributed by atoms with Gasteiger partial charge in [0.2, 0.25) is 0 Å². The van der Waals surface area contributed by atoms with Gasteiger partial charge in [0.25, 0.3) is 6.08 Å². The molecule has 3 fully saturated rings. The second kappa shape index (κ2) is 11.5. The number of ether oxygens (including phenoxy) is 1. The average Bonchev–Trinajstić information content (AvgIpc) is 2.73. The molecular formula is C25H40F2O. The maximum absolute atomic E-state index is 12.3. The van der Waals surface area contributed by atoms with E-state index in [4.69, 9.17) is 4.74 Å². The monoisotopic (exact) mass is 394 g/mol. The van der Waals surface area contributed by atoms with Crippen LogP contribution >= 0.6 is 0 Å². The van der Waals surface area contributed by atoms with Gasteiger partial charge in [-0.2, -0.15) is 8.78 Å². The topological polar surface area (TPSA) is 9.23 Å². The lowest BCUT2D eigenvalue weighted by molar-refractivity contribution is -0.0446. The van der Waals surface area contributed by atoms with E-state index < -0.39 is 6.08 Å². The zero-order valence-electron chi connectivity index (χ0n) is 17.8. The van der Waals surface area contributed by atoms with Gasteiger partial charge in [0.15, 0.2) is 0 Å². The lowest BCUT2D eigenvalue weighted by Crippen LogP contribution is -2.32. The van der Waals surface area contributed by atoms with Gasteiger partial charge in [-0.05, 0) is 126 Å². The van der Waals surface area contributed by atoms with Crippen LogP contribution in [0, 0.1) is 29.6 Å². The summed E-state index contributed by atoms with van der Waals surface area (Å²) in [6.07, 6.45) is 20.6. The molecule has 0 bridgehead atoms. The lowest BCUT2D eigenvalue weighted by Gasteiger charge is -2.38. The first-order valence-electron chi connectivity index (χ1n) is 11.9. The minimum atomic E-state index is -1.51. The summed E-state index contributed by atoms with van der Waals surface area (Å²) >= 11 is 0. The van der Waals surface area contributed by atoms with Crippen LogP contribution in [0.4, 0.5) is 8.78 Å². The van der Waals surface area contributed by atoms with Crippen molar-refractivity contribution in [3.05, 3.63) is 24.3 Å². The van der Waals surface area contributed by atoms with E-state index in [0.717, 1.165) is 43.3 Å². The van der Waals surface area contributed by atoms with Crippen molar-refractivity contribution in [2.45, 2.75) is 96.5 Å². The molecule has 2 atom stereocenters. The van der Waals surface area contributed by atoms with Gasteiger partial charge < -0.3 is 4.74 Å². The molecule has 0 aromatic rings. The first-order chi connectivity index (χ1) is 13.6. The van der Waals surface area contributed by atoms with Crippen molar-refractivity contribution in [2.24, 2.45) is 29.6 Å². The van der Waals surface area contributed by atoms with E-state index in [2.05, 4.69) is 19.1 Å². The Kier molecular flexibility index (Phi) is 9.02. The van der Waals surface area contributed by atoms with Crippen LogP contribution in [0.25, 0.3) is 0 Å².